The van der Waals surface area contributed by atoms with Gasteiger partial charge in [-0.3, -0.25) is 0 Å². The molecule has 2 heteroatoms. The molecule has 2 rings (SSSR count). The minimum Gasteiger partial charge on any atom is -0.393 e. The maximum Gasteiger partial charge on any atom is 0.0820 e. The average Bonchev–Trinajstić information content (AvgIpc) is 2.31. The molecule has 0 aromatic rings. The number of rotatable bonds is 1. The first kappa shape index (κ1) is 8.27. The smallest absolute Gasteiger partial charge is 0.0820 e. The summed E-state index contributed by atoms with van der Waals surface area (Å²) in [5.74, 6) is 0.786. The summed E-state index contributed by atoms with van der Waals surface area (Å²) in [6.07, 6.45) is 5.12. The molecule has 0 aromatic heterocycles. The third-order valence-electron chi connectivity index (χ3n) is 2.91. The highest BCUT2D eigenvalue weighted by molar-refractivity contribution is 5.10. The Bertz CT molecular complexity index is 198. The molecule has 4 atom stereocenters. The first-order valence-electron chi connectivity index (χ1n) is 4.70. The first-order valence-corrected chi connectivity index (χ1v) is 4.70. The molecule has 2 aliphatic rings. The highest BCUT2D eigenvalue weighted by atomic mass is 16.5. The fourth-order valence-electron chi connectivity index (χ4n) is 2.32. The lowest BCUT2D eigenvalue weighted by molar-refractivity contribution is -0.100. The molecule has 1 saturated heterocycles. The van der Waals surface area contributed by atoms with E-state index in [-0.39, 0.29) is 18.3 Å². The van der Waals surface area contributed by atoms with Crippen LogP contribution in [0.3, 0.4) is 0 Å². The molecular formula is C10H16O2. The summed E-state index contributed by atoms with van der Waals surface area (Å²) < 4.78 is 5.67. The number of fused-ring (bicyclic) bond motifs is 2. The van der Waals surface area contributed by atoms with Crippen molar-refractivity contribution in [1.82, 2.24) is 0 Å². The molecule has 2 nitrogen and oxygen atoms in total. The van der Waals surface area contributed by atoms with E-state index in [9.17, 15) is 5.11 Å². The zero-order valence-electron chi connectivity index (χ0n) is 7.60. The molecule has 0 radical (unpaired) electrons. The number of aliphatic hydroxyl groups is 1. The highest BCUT2D eigenvalue weighted by Gasteiger charge is 2.40. The molecule has 2 bridgehead atoms. The van der Waals surface area contributed by atoms with Crippen molar-refractivity contribution in [1.29, 1.82) is 0 Å². The molecule has 1 fully saturated rings. The summed E-state index contributed by atoms with van der Waals surface area (Å²) in [7, 11) is 0. The van der Waals surface area contributed by atoms with E-state index in [0.717, 1.165) is 6.42 Å². The van der Waals surface area contributed by atoms with E-state index in [0.29, 0.717) is 11.8 Å². The zero-order chi connectivity index (χ0) is 8.72. The van der Waals surface area contributed by atoms with Crippen LogP contribution in [0.2, 0.25) is 0 Å². The fraction of sp³-hybridized carbons (Fsp3) is 0.800. The summed E-state index contributed by atoms with van der Waals surface area (Å²) in [5, 5.41) is 9.80. The Morgan fingerprint density at radius 2 is 2.17 bits per heavy atom. The van der Waals surface area contributed by atoms with Gasteiger partial charge in [-0.15, -0.1) is 0 Å². The van der Waals surface area contributed by atoms with Crippen molar-refractivity contribution >= 4 is 0 Å². The van der Waals surface area contributed by atoms with Crippen LogP contribution in [-0.4, -0.2) is 23.4 Å². The highest BCUT2D eigenvalue weighted by Crippen LogP contribution is 2.35. The Morgan fingerprint density at radius 1 is 1.42 bits per heavy atom. The maximum absolute atomic E-state index is 9.80. The van der Waals surface area contributed by atoms with E-state index in [2.05, 4.69) is 26.0 Å². The molecule has 4 unspecified atom stereocenters. The van der Waals surface area contributed by atoms with E-state index in [4.69, 9.17) is 4.74 Å². The SMILES string of the molecule is CC(C)C1C(O)CC2C=CC1O2. The topological polar surface area (TPSA) is 29.5 Å². The number of hydrogen-bond donors (Lipinski definition) is 1. The second kappa shape index (κ2) is 2.86. The van der Waals surface area contributed by atoms with Gasteiger partial charge in [-0.05, 0) is 5.92 Å². The van der Waals surface area contributed by atoms with Gasteiger partial charge in [-0.25, -0.2) is 0 Å². The molecule has 2 aliphatic heterocycles. The molecule has 1 N–H and O–H groups in total. The lowest BCUT2D eigenvalue weighted by atomic mass is 9.83. The van der Waals surface area contributed by atoms with Crippen LogP contribution in [0.15, 0.2) is 12.2 Å². The standard InChI is InChI=1S/C10H16O2/c1-6(2)10-8(11)5-7-3-4-9(10)12-7/h3-4,6-11H,5H2,1-2H3. The van der Waals surface area contributed by atoms with E-state index in [1.807, 2.05) is 0 Å². The average molecular weight is 168 g/mol. The second-order valence-electron chi connectivity index (χ2n) is 4.15. The van der Waals surface area contributed by atoms with Crippen molar-refractivity contribution in [3.05, 3.63) is 12.2 Å². The molecule has 2 heterocycles. The van der Waals surface area contributed by atoms with Gasteiger partial charge in [-0.1, -0.05) is 26.0 Å². The number of ether oxygens (including phenoxy) is 1. The Labute approximate surface area is 73.2 Å². The van der Waals surface area contributed by atoms with Gasteiger partial charge in [-0.2, -0.15) is 0 Å². The van der Waals surface area contributed by atoms with Gasteiger partial charge < -0.3 is 9.84 Å². The summed E-state index contributed by atoms with van der Waals surface area (Å²) >= 11 is 0. The van der Waals surface area contributed by atoms with Crippen LogP contribution in [0.1, 0.15) is 20.3 Å². The van der Waals surface area contributed by atoms with Crippen molar-refractivity contribution < 1.29 is 9.84 Å². The molecule has 0 aromatic carbocycles. The molecule has 0 spiro atoms. The van der Waals surface area contributed by atoms with Crippen molar-refractivity contribution in [3.8, 4) is 0 Å². The van der Waals surface area contributed by atoms with Crippen molar-refractivity contribution in [2.75, 3.05) is 0 Å². The predicted octanol–water partition coefficient (Wildman–Crippen LogP) is 1.35. The van der Waals surface area contributed by atoms with Crippen molar-refractivity contribution in [2.24, 2.45) is 11.8 Å². The predicted molar refractivity (Wildman–Crippen MR) is 46.8 cm³/mol. The van der Waals surface area contributed by atoms with Crippen molar-refractivity contribution in [2.45, 2.75) is 38.6 Å². The van der Waals surface area contributed by atoms with E-state index >= 15 is 0 Å². The van der Waals surface area contributed by atoms with Crippen LogP contribution in [-0.2, 0) is 4.74 Å². The molecule has 0 amide bonds. The van der Waals surface area contributed by atoms with Gasteiger partial charge in [0, 0.05) is 12.3 Å². The molecule has 12 heavy (non-hydrogen) atoms. The lowest BCUT2D eigenvalue weighted by Gasteiger charge is -2.36. The van der Waals surface area contributed by atoms with Gasteiger partial charge in [0.15, 0.2) is 0 Å². The Balaban J connectivity index is 2.15. The van der Waals surface area contributed by atoms with Crippen molar-refractivity contribution in [3.63, 3.8) is 0 Å². The fourth-order valence-corrected chi connectivity index (χ4v) is 2.32. The summed E-state index contributed by atoms with van der Waals surface area (Å²) in [4.78, 5) is 0. The zero-order valence-corrected chi connectivity index (χ0v) is 7.60. The Kier molecular flexibility index (Phi) is 1.97. The molecule has 68 valence electrons. The van der Waals surface area contributed by atoms with Crippen LogP contribution < -0.4 is 0 Å². The van der Waals surface area contributed by atoms with Gasteiger partial charge >= 0.3 is 0 Å². The van der Waals surface area contributed by atoms with E-state index in [1.165, 1.54) is 0 Å². The minimum atomic E-state index is -0.177. The quantitative estimate of drug-likeness (QED) is 0.599. The van der Waals surface area contributed by atoms with Gasteiger partial charge in [0.25, 0.3) is 0 Å². The summed E-state index contributed by atoms with van der Waals surface area (Å²) in [5.41, 5.74) is 0. The largest absolute Gasteiger partial charge is 0.393 e. The minimum absolute atomic E-state index is 0.166. The van der Waals surface area contributed by atoms with Gasteiger partial charge in [0.2, 0.25) is 0 Å². The van der Waals surface area contributed by atoms with Gasteiger partial charge in [0.05, 0.1) is 18.3 Å². The number of aliphatic hydroxyl groups excluding tert-OH is 1. The Hall–Kier alpha value is -0.340. The lowest BCUT2D eigenvalue weighted by Crippen LogP contribution is -2.42. The molecule has 0 aliphatic carbocycles. The van der Waals surface area contributed by atoms with E-state index in [1.54, 1.807) is 0 Å². The first-order chi connectivity index (χ1) is 5.68. The summed E-state index contributed by atoms with van der Waals surface area (Å²) in [6, 6.07) is 0. The van der Waals surface area contributed by atoms with Crippen LogP contribution >= 0.6 is 0 Å². The summed E-state index contributed by atoms with van der Waals surface area (Å²) in [6.45, 7) is 4.29. The molecule has 0 saturated carbocycles. The maximum atomic E-state index is 9.80. The monoisotopic (exact) mass is 168 g/mol. The van der Waals surface area contributed by atoms with Crippen LogP contribution in [0.5, 0.6) is 0 Å². The normalized spacial score (nSPS) is 45.7. The molecular weight excluding hydrogens is 152 g/mol. The van der Waals surface area contributed by atoms with Crippen LogP contribution in [0.4, 0.5) is 0 Å². The van der Waals surface area contributed by atoms with E-state index < -0.39 is 0 Å². The number of hydrogen-bond acceptors (Lipinski definition) is 2. The Morgan fingerprint density at radius 3 is 2.83 bits per heavy atom. The van der Waals surface area contributed by atoms with Gasteiger partial charge in [0.1, 0.15) is 0 Å². The third-order valence-corrected chi connectivity index (χ3v) is 2.91. The third kappa shape index (κ3) is 1.19. The van der Waals surface area contributed by atoms with Crippen LogP contribution in [0, 0.1) is 11.8 Å². The van der Waals surface area contributed by atoms with Crippen LogP contribution in [0.25, 0.3) is 0 Å². The second-order valence-corrected chi connectivity index (χ2v) is 4.15.